The second-order valence-electron chi connectivity index (χ2n) is 4.68. The maximum absolute atomic E-state index is 6.28. The van der Waals surface area contributed by atoms with Gasteiger partial charge in [0.15, 0.2) is 0 Å². The Hall–Kier alpha value is -0.250. The van der Waals surface area contributed by atoms with Crippen LogP contribution in [0.15, 0.2) is 40.9 Å². The molecule has 2 aromatic carbocycles. The average Bonchev–Trinajstić information content (AvgIpc) is 2.44. The zero-order valence-corrected chi connectivity index (χ0v) is 15.3. The molecule has 0 aliphatic carbocycles. The van der Waals surface area contributed by atoms with Gasteiger partial charge in [0.2, 0.25) is 0 Å². The van der Waals surface area contributed by atoms with Crippen LogP contribution in [0.1, 0.15) is 24.1 Å². The van der Waals surface area contributed by atoms with Gasteiger partial charge in [-0.2, -0.15) is 0 Å². The largest absolute Gasteiger partial charge is 0.310 e. The Balaban J connectivity index is 2.38. The van der Waals surface area contributed by atoms with E-state index >= 15 is 0 Å². The second kappa shape index (κ2) is 7.85. The van der Waals surface area contributed by atoms with Gasteiger partial charge >= 0.3 is 0 Å². The minimum atomic E-state index is 0.0838. The normalized spacial score (nSPS) is 12.4. The summed E-state index contributed by atoms with van der Waals surface area (Å²) >= 11 is 22.3. The molecule has 0 aliphatic rings. The van der Waals surface area contributed by atoms with Crippen LogP contribution in [-0.4, -0.2) is 6.54 Å². The van der Waals surface area contributed by atoms with E-state index in [1.165, 1.54) is 0 Å². The van der Waals surface area contributed by atoms with Gasteiger partial charge in [-0.3, -0.25) is 0 Å². The predicted octanol–water partition coefficient (Wildman–Crippen LogP) is 6.30. The van der Waals surface area contributed by atoms with Crippen LogP contribution in [0.5, 0.6) is 0 Å². The van der Waals surface area contributed by atoms with Gasteiger partial charge in [0, 0.05) is 25.6 Å². The predicted molar refractivity (Wildman–Crippen MR) is 95.7 cm³/mol. The Bertz CT molecular complexity index is 611. The third-order valence-electron chi connectivity index (χ3n) is 3.25. The van der Waals surface area contributed by atoms with E-state index in [9.17, 15) is 0 Å². The van der Waals surface area contributed by atoms with E-state index in [4.69, 9.17) is 34.8 Å². The summed E-state index contributed by atoms with van der Waals surface area (Å²) in [7, 11) is 0. The van der Waals surface area contributed by atoms with Crippen LogP contribution in [-0.2, 0) is 6.42 Å². The number of halogens is 4. The highest BCUT2D eigenvalue weighted by atomic mass is 79.9. The molecular weight excluding hydrogens is 392 g/mol. The van der Waals surface area contributed by atoms with Crippen molar-refractivity contribution in [3.63, 3.8) is 0 Å². The van der Waals surface area contributed by atoms with Crippen molar-refractivity contribution in [3.8, 4) is 0 Å². The molecule has 0 radical (unpaired) electrons. The van der Waals surface area contributed by atoms with Gasteiger partial charge in [-0.15, -0.1) is 0 Å². The summed E-state index contributed by atoms with van der Waals surface area (Å²) in [5, 5.41) is 5.54. The minimum absolute atomic E-state index is 0.0838. The molecule has 1 unspecified atom stereocenters. The van der Waals surface area contributed by atoms with Crippen molar-refractivity contribution in [1.82, 2.24) is 5.32 Å². The molecule has 0 aliphatic heterocycles. The SMILES string of the molecule is CCNC(Cc1c(Cl)cccc1Cl)c1cc(Cl)ccc1Br. The summed E-state index contributed by atoms with van der Waals surface area (Å²) in [4.78, 5) is 0. The van der Waals surface area contributed by atoms with E-state index in [-0.39, 0.29) is 6.04 Å². The topological polar surface area (TPSA) is 12.0 Å². The maximum atomic E-state index is 6.28. The minimum Gasteiger partial charge on any atom is -0.310 e. The van der Waals surface area contributed by atoms with Crippen molar-refractivity contribution in [2.24, 2.45) is 0 Å². The first-order chi connectivity index (χ1) is 10.0. The van der Waals surface area contributed by atoms with E-state index in [1.54, 1.807) is 0 Å². The summed E-state index contributed by atoms with van der Waals surface area (Å²) in [6.07, 6.45) is 0.700. The van der Waals surface area contributed by atoms with Gasteiger partial charge in [-0.25, -0.2) is 0 Å². The lowest BCUT2D eigenvalue weighted by atomic mass is 9.98. The van der Waals surface area contributed by atoms with Crippen molar-refractivity contribution in [2.75, 3.05) is 6.54 Å². The highest BCUT2D eigenvalue weighted by Crippen LogP contribution is 2.33. The molecule has 1 N–H and O–H groups in total. The molecule has 0 saturated carbocycles. The Morgan fingerprint density at radius 3 is 2.38 bits per heavy atom. The lowest BCUT2D eigenvalue weighted by Crippen LogP contribution is -2.23. The number of nitrogens with one attached hydrogen (secondary N) is 1. The number of likely N-dealkylation sites (N-methyl/N-ethyl adjacent to an activating group) is 1. The maximum Gasteiger partial charge on any atom is 0.0453 e. The summed E-state index contributed by atoms with van der Waals surface area (Å²) in [6, 6.07) is 11.4. The lowest BCUT2D eigenvalue weighted by molar-refractivity contribution is 0.548. The first-order valence-corrected chi connectivity index (χ1v) is 8.56. The molecule has 0 saturated heterocycles. The first kappa shape index (κ1) is 17.1. The third kappa shape index (κ3) is 4.37. The van der Waals surface area contributed by atoms with Gasteiger partial charge in [0.25, 0.3) is 0 Å². The summed E-state index contributed by atoms with van der Waals surface area (Å²) < 4.78 is 1.01. The average molecular weight is 408 g/mol. The number of benzene rings is 2. The Labute approximate surface area is 148 Å². The van der Waals surface area contributed by atoms with Crippen molar-refractivity contribution in [3.05, 3.63) is 67.1 Å². The molecule has 112 valence electrons. The Morgan fingerprint density at radius 1 is 1.10 bits per heavy atom. The number of hydrogen-bond donors (Lipinski definition) is 1. The standard InChI is InChI=1S/C16H15BrCl3N/c1-2-21-16(11-8-10(18)6-7-13(11)17)9-12-14(19)4-3-5-15(12)20/h3-8,16,21H,2,9H2,1H3. The molecule has 2 rings (SSSR count). The van der Waals surface area contributed by atoms with E-state index < -0.39 is 0 Å². The second-order valence-corrected chi connectivity index (χ2v) is 6.79. The van der Waals surface area contributed by atoms with Gasteiger partial charge in [-0.1, -0.05) is 63.7 Å². The Morgan fingerprint density at radius 2 is 1.76 bits per heavy atom. The molecule has 1 atom stereocenters. The van der Waals surface area contributed by atoms with Gasteiger partial charge < -0.3 is 5.32 Å². The molecule has 0 aromatic heterocycles. The van der Waals surface area contributed by atoms with Gasteiger partial charge in [0.05, 0.1) is 0 Å². The van der Waals surface area contributed by atoms with Crippen molar-refractivity contribution in [2.45, 2.75) is 19.4 Å². The highest BCUT2D eigenvalue weighted by Gasteiger charge is 2.18. The zero-order valence-electron chi connectivity index (χ0n) is 11.5. The van der Waals surface area contributed by atoms with Crippen LogP contribution in [0.4, 0.5) is 0 Å². The summed E-state index contributed by atoms with van der Waals surface area (Å²) in [6.45, 7) is 2.91. The van der Waals surface area contributed by atoms with E-state index in [1.807, 2.05) is 36.4 Å². The summed E-state index contributed by atoms with van der Waals surface area (Å²) in [5.41, 5.74) is 2.04. The fourth-order valence-corrected chi connectivity index (χ4v) is 3.51. The lowest BCUT2D eigenvalue weighted by Gasteiger charge is -2.21. The van der Waals surface area contributed by atoms with Crippen molar-refractivity contribution in [1.29, 1.82) is 0 Å². The van der Waals surface area contributed by atoms with E-state index in [0.717, 1.165) is 22.1 Å². The molecule has 0 amide bonds. The first-order valence-electron chi connectivity index (χ1n) is 6.64. The number of hydrogen-bond acceptors (Lipinski definition) is 1. The third-order valence-corrected chi connectivity index (χ3v) is 4.92. The molecule has 0 heterocycles. The zero-order chi connectivity index (χ0) is 15.4. The van der Waals surface area contributed by atoms with E-state index in [2.05, 4.69) is 28.2 Å². The van der Waals surface area contributed by atoms with Crippen molar-refractivity contribution < 1.29 is 0 Å². The molecule has 0 fully saturated rings. The Kier molecular flexibility index (Phi) is 6.39. The van der Waals surface area contributed by atoms with Crippen LogP contribution in [0.2, 0.25) is 15.1 Å². The van der Waals surface area contributed by atoms with Crippen LogP contribution >= 0.6 is 50.7 Å². The van der Waals surface area contributed by atoms with Gasteiger partial charge in [0.1, 0.15) is 0 Å². The van der Waals surface area contributed by atoms with E-state index in [0.29, 0.717) is 21.5 Å². The summed E-state index contributed by atoms with van der Waals surface area (Å²) in [5.74, 6) is 0. The van der Waals surface area contributed by atoms with Crippen molar-refractivity contribution >= 4 is 50.7 Å². The smallest absolute Gasteiger partial charge is 0.0453 e. The number of rotatable bonds is 5. The van der Waals surface area contributed by atoms with Gasteiger partial charge in [-0.05, 0) is 54.4 Å². The fourth-order valence-electron chi connectivity index (χ4n) is 2.25. The highest BCUT2D eigenvalue weighted by molar-refractivity contribution is 9.10. The molecule has 1 nitrogen and oxygen atoms in total. The molecular formula is C16H15BrCl3N. The molecule has 5 heteroatoms. The molecule has 2 aromatic rings. The fraction of sp³-hybridized carbons (Fsp3) is 0.250. The quantitative estimate of drug-likeness (QED) is 0.613. The molecule has 21 heavy (non-hydrogen) atoms. The monoisotopic (exact) mass is 405 g/mol. The van der Waals surface area contributed by atoms with Crippen LogP contribution in [0, 0.1) is 0 Å². The van der Waals surface area contributed by atoms with Crippen LogP contribution in [0.3, 0.4) is 0 Å². The van der Waals surface area contributed by atoms with Crippen LogP contribution < -0.4 is 5.32 Å². The molecule has 0 spiro atoms. The molecule has 0 bridgehead atoms. The van der Waals surface area contributed by atoms with Crippen LogP contribution in [0.25, 0.3) is 0 Å².